The molecule has 1 aliphatic rings. The van der Waals surface area contributed by atoms with Gasteiger partial charge < -0.3 is 11.1 Å². The summed E-state index contributed by atoms with van der Waals surface area (Å²) in [6, 6.07) is 4.93. The van der Waals surface area contributed by atoms with E-state index in [1.807, 2.05) is 0 Å². The number of anilines is 2. The molecule has 0 radical (unpaired) electrons. The highest BCUT2D eigenvalue weighted by molar-refractivity contribution is 7.99. The van der Waals surface area contributed by atoms with E-state index in [-0.39, 0.29) is 11.7 Å². The smallest absolute Gasteiger partial charge is 0.234 e. The van der Waals surface area contributed by atoms with Gasteiger partial charge in [0.25, 0.3) is 0 Å². The predicted molar refractivity (Wildman–Crippen MR) is 119 cm³/mol. The molecule has 0 unspecified atom stereocenters. The largest absolute Gasteiger partial charge is 0.383 e. The highest BCUT2D eigenvalue weighted by Gasteiger charge is 2.23. The lowest BCUT2D eigenvalue weighted by molar-refractivity contribution is -0.113. The topological polar surface area (TPSA) is 80.9 Å². The zero-order chi connectivity index (χ0) is 19.8. The number of benzene rings is 1. The number of nitrogen functional groups attached to an aromatic ring is 1. The number of aryl methyl sites for hydroxylation is 1. The fourth-order valence-electron chi connectivity index (χ4n) is 3.32. The fraction of sp³-hybridized carbons (Fsp3) is 0.316. The van der Waals surface area contributed by atoms with Crippen molar-refractivity contribution in [2.45, 2.75) is 31.3 Å². The molecule has 1 aromatic carbocycles. The van der Waals surface area contributed by atoms with Crippen LogP contribution in [0.4, 0.5) is 11.5 Å². The van der Waals surface area contributed by atoms with E-state index in [4.69, 9.17) is 28.9 Å². The quantitative estimate of drug-likeness (QED) is 0.406. The first-order valence-electron chi connectivity index (χ1n) is 8.86. The van der Waals surface area contributed by atoms with Crippen LogP contribution in [0.15, 0.2) is 23.4 Å². The number of carbonyl (C=O) groups excluding carboxylic acids is 1. The van der Waals surface area contributed by atoms with Gasteiger partial charge in [-0.15, -0.1) is 11.3 Å². The van der Waals surface area contributed by atoms with Crippen molar-refractivity contribution in [3.8, 4) is 0 Å². The highest BCUT2D eigenvalue weighted by atomic mass is 35.5. The number of thiophene rings is 1. The van der Waals surface area contributed by atoms with Crippen molar-refractivity contribution in [2.75, 3.05) is 16.8 Å². The normalized spacial score (nSPS) is 16.2. The number of nitrogens with zero attached hydrogens (tertiary/aromatic N) is 2. The summed E-state index contributed by atoms with van der Waals surface area (Å²) in [4.78, 5) is 23.6. The molecule has 0 saturated carbocycles. The molecule has 9 heteroatoms. The Hall–Kier alpha value is -1.54. The molecule has 3 aromatic rings. The third kappa shape index (κ3) is 4.08. The fourth-order valence-corrected chi connectivity index (χ4v) is 5.88. The molecule has 1 atom stereocenters. The van der Waals surface area contributed by atoms with E-state index in [1.165, 1.54) is 28.6 Å². The summed E-state index contributed by atoms with van der Waals surface area (Å²) in [5.41, 5.74) is 8.06. The first-order valence-corrected chi connectivity index (χ1v) is 11.4. The van der Waals surface area contributed by atoms with Crippen LogP contribution in [0.25, 0.3) is 10.2 Å². The van der Waals surface area contributed by atoms with E-state index in [1.54, 1.807) is 29.5 Å². The number of carbonyl (C=O) groups is 1. The minimum atomic E-state index is -0.198. The van der Waals surface area contributed by atoms with E-state index >= 15 is 0 Å². The maximum Gasteiger partial charge on any atom is 0.234 e. The number of nitrogens with one attached hydrogen (secondary N) is 1. The van der Waals surface area contributed by atoms with Crippen molar-refractivity contribution < 1.29 is 4.79 Å². The SMILES string of the molecule is C[C@H]1CCc2c(sc3nc(SCC(=O)Nc4ccc(Cl)cc4Cl)nc(N)c23)C1. The molecule has 1 aliphatic carbocycles. The third-order valence-electron chi connectivity index (χ3n) is 4.70. The number of rotatable bonds is 4. The van der Waals surface area contributed by atoms with Crippen LogP contribution in [-0.4, -0.2) is 21.6 Å². The number of hydrogen-bond donors (Lipinski definition) is 2. The average Bonchev–Trinajstić information content (AvgIpc) is 3.00. The molecule has 0 aliphatic heterocycles. The monoisotopic (exact) mass is 452 g/mol. The zero-order valence-corrected chi connectivity index (χ0v) is 18.2. The predicted octanol–water partition coefficient (Wildman–Crippen LogP) is 5.44. The van der Waals surface area contributed by atoms with Crippen LogP contribution in [0, 0.1) is 5.92 Å². The Labute approximate surface area is 181 Å². The summed E-state index contributed by atoms with van der Waals surface area (Å²) in [5.74, 6) is 1.15. The molecule has 4 rings (SSSR count). The van der Waals surface area contributed by atoms with E-state index in [2.05, 4.69) is 22.2 Å². The van der Waals surface area contributed by atoms with Gasteiger partial charge in [-0.3, -0.25) is 4.79 Å². The number of halogens is 2. The van der Waals surface area contributed by atoms with Crippen LogP contribution in [0.5, 0.6) is 0 Å². The summed E-state index contributed by atoms with van der Waals surface area (Å²) < 4.78 is 0. The molecular formula is C19H18Cl2N4OS2. The van der Waals surface area contributed by atoms with Gasteiger partial charge in [0.05, 0.1) is 21.8 Å². The van der Waals surface area contributed by atoms with E-state index in [9.17, 15) is 4.79 Å². The number of nitrogens with two attached hydrogens (primary N) is 1. The maximum atomic E-state index is 12.3. The Morgan fingerprint density at radius 1 is 1.39 bits per heavy atom. The van der Waals surface area contributed by atoms with E-state index in [0.29, 0.717) is 32.6 Å². The van der Waals surface area contributed by atoms with Crippen LogP contribution in [-0.2, 0) is 17.6 Å². The molecule has 146 valence electrons. The van der Waals surface area contributed by atoms with Crippen molar-refractivity contribution in [2.24, 2.45) is 5.92 Å². The molecule has 1 amide bonds. The van der Waals surface area contributed by atoms with Crippen LogP contribution >= 0.6 is 46.3 Å². The molecule has 2 heterocycles. The molecule has 0 bridgehead atoms. The van der Waals surface area contributed by atoms with Crippen LogP contribution in [0.2, 0.25) is 10.0 Å². The molecule has 0 fully saturated rings. The molecule has 28 heavy (non-hydrogen) atoms. The molecule has 0 spiro atoms. The second-order valence-corrected chi connectivity index (χ2v) is 9.75. The molecule has 3 N–H and O–H groups in total. The maximum absolute atomic E-state index is 12.3. The van der Waals surface area contributed by atoms with E-state index in [0.717, 1.165) is 23.1 Å². The van der Waals surface area contributed by atoms with Crippen LogP contribution in [0.3, 0.4) is 0 Å². The van der Waals surface area contributed by atoms with Crippen molar-refractivity contribution in [1.82, 2.24) is 9.97 Å². The highest BCUT2D eigenvalue weighted by Crippen LogP contribution is 2.40. The second-order valence-electron chi connectivity index (χ2n) is 6.88. The van der Waals surface area contributed by atoms with Gasteiger partial charge in [-0.1, -0.05) is 41.9 Å². The molecular weight excluding hydrogens is 435 g/mol. The van der Waals surface area contributed by atoms with Gasteiger partial charge in [0.1, 0.15) is 10.6 Å². The third-order valence-corrected chi connectivity index (χ3v) is 7.24. The number of hydrogen-bond acceptors (Lipinski definition) is 6. The molecule has 5 nitrogen and oxygen atoms in total. The lowest BCUT2D eigenvalue weighted by Crippen LogP contribution is -2.14. The second kappa shape index (κ2) is 8.06. The van der Waals surface area contributed by atoms with Crippen molar-refractivity contribution in [3.05, 3.63) is 38.7 Å². The van der Waals surface area contributed by atoms with Gasteiger partial charge in [-0.2, -0.15) is 0 Å². The average molecular weight is 453 g/mol. The van der Waals surface area contributed by atoms with Gasteiger partial charge in [0.15, 0.2) is 5.16 Å². The Morgan fingerprint density at radius 2 is 2.21 bits per heavy atom. The van der Waals surface area contributed by atoms with Crippen molar-refractivity contribution in [3.63, 3.8) is 0 Å². The first-order chi connectivity index (χ1) is 13.4. The summed E-state index contributed by atoms with van der Waals surface area (Å²) in [5, 5.41) is 5.18. The lowest BCUT2D eigenvalue weighted by atomic mass is 9.89. The van der Waals surface area contributed by atoms with Crippen LogP contribution < -0.4 is 11.1 Å². The van der Waals surface area contributed by atoms with Gasteiger partial charge in [0.2, 0.25) is 5.91 Å². The summed E-state index contributed by atoms with van der Waals surface area (Å²) >= 11 is 14.9. The summed E-state index contributed by atoms with van der Waals surface area (Å²) in [6.07, 6.45) is 3.27. The molecule has 2 aromatic heterocycles. The number of amides is 1. The summed E-state index contributed by atoms with van der Waals surface area (Å²) in [7, 11) is 0. The minimum Gasteiger partial charge on any atom is -0.383 e. The summed E-state index contributed by atoms with van der Waals surface area (Å²) in [6.45, 7) is 2.27. The first kappa shape index (κ1) is 19.8. The lowest BCUT2D eigenvalue weighted by Gasteiger charge is -2.17. The number of fused-ring (bicyclic) bond motifs is 3. The van der Waals surface area contributed by atoms with Gasteiger partial charge in [-0.05, 0) is 48.9 Å². The van der Waals surface area contributed by atoms with Crippen molar-refractivity contribution in [1.29, 1.82) is 0 Å². The minimum absolute atomic E-state index is 0.159. The van der Waals surface area contributed by atoms with Crippen LogP contribution in [0.1, 0.15) is 23.8 Å². The van der Waals surface area contributed by atoms with Gasteiger partial charge in [-0.25, -0.2) is 9.97 Å². The Morgan fingerprint density at radius 3 is 3.00 bits per heavy atom. The standard InChI is InChI=1S/C19H18Cl2N4OS2/c1-9-2-4-11-14(6-9)28-18-16(11)17(22)24-19(25-18)27-8-15(26)23-13-5-3-10(20)7-12(13)21/h3,5,7,9H,2,4,6,8H2,1H3,(H,23,26)(H2,22,24,25)/t9-/m0/s1. The molecule has 0 saturated heterocycles. The van der Waals surface area contributed by atoms with Gasteiger partial charge in [0, 0.05) is 9.90 Å². The van der Waals surface area contributed by atoms with Crippen molar-refractivity contribution >= 4 is 73.9 Å². The Bertz CT molecular complexity index is 1070. The van der Waals surface area contributed by atoms with Gasteiger partial charge >= 0.3 is 0 Å². The number of thioether (sulfide) groups is 1. The van der Waals surface area contributed by atoms with E-state index < -0.39 is 0 Å². The number of aromatic nitrogens is 2. The Balaban J connectivity index is 1.48. The Kier molecular flexibility index (Phi) is 5.69. The zero-order valence-electron chi connectivity index (χ0n) is 15.1.